The number of hydrogen-bond donors (Lipinski definition) is 1. The van der Waals surface area contributed by atoms with Gasteiger partial charge in [-0.1, -0.05) is 25.5 Å². The highest BCUT2D eigenvalue weighted by Crippen LogP contribution is 2.21. The average molecular weight is 306 g/mol. The van der Waals surface area contributed by atoms with E-state index in [0.29, 0.717) is 5.92 Å². The molecule has 0 saturated heterocycles. The van der Waals surface area contributed by atoms with Gasteiger partial charge in [0.2, 0.25) is 0 Å². The molecule has 1 aromatic heterocycles. The summed E-state index contributed by atoms with van der Waals surface area (Å²) in [6.07, 6.45) is 9.30. The van der Waals surface area contributed by atoms with Crippen LogP contribution in [0.5, 0.6) is 0 Å². The fraction of sp³-hybridized carbons (Fsp3) is 0.647. The number of thiazole rings is 1. The maximum Gasteiger partial charge on any atom is 0.263 e. The van der Waals surface area contributed by atoms with E-state index in [-0.39, 0.29) is 5.91 Å². The number of allylic oxidation sites excluding steroid dienone is 1. The molecule has 0 saturated carbocycles. The number of carbonyl (C=O) groups is 1. The molecule has 1 heterocycles. The summed E-state index contributed by atoms with van der Waals surface area (Å²) in [5, 5.41) is 4.12. The molecule has 21 heavy (non-hydrogen) atoms. The van der Waals surface area contributed by atoms with Crippen molar-refractivity contribution in [2.24, 2.45) is 5.92 Å². The summed E-state index contributed by atoms with van der Waals surface area (Å²) in [6, 6.07) is 0. The van der Waals surface area contributed by atoms with Crippen molar-refractivity contribution in [1.29, 1.82) is 0 Å². The molecule has 1 aromatic rings. The summed E-state index contributed by atoms with van der Waals surface area (Å²) >= 11 is 1.54. The quantitative estimate of drug-likeness (QED) is 0.797. The Morgan fingerprint density at radius 2 is 2.24 bits per heavy atom. The fourth-order valence-corrected chi connectivity index (χ4v) is 3.84. The van der Waals surface area contributed by atoms with Gasteiger partial charge in [0.15, 0.2) is 0 Å². The zero-order chi connectivity index (χ0) is 15.2. The number of nitrogens with zero attached hydrogens (tertiary/aromatic N) is 1. The second-order valence-electron chi connectivity index (χ2n) is 6.23. The van der Waals surface area contributed by atoms with E-state index in [2.05, 4.69) is 30.2 Å². The lowest BCUT2D eigenvalue weighted by atomic mass is 9.97. The summed E-state index contributed by atoms with van der Waals surface area (Å²) in [7, 11) is 0. The van der Waals surface area contributed by atoms with Crippen molar-refractivity contribution in [2.45, 2.75) is 59.3 Å². The molecule has 0 aliphatic heterocycles. The van der Waals surface area contributed by atoms with Gasteiger partial charge in [0.25, 0.3) is 5.91 Å². The summed E-state index contributed by atoms with van der Waals surface area (Å²) in [5.74, 6) is 0.612. The van der Waals surface area contributed by atoms with Crippen molar-refractivity contribution < 1.29 is 4.79 Å². The average Bonchev–Trinajstić information content (AvgIpc) is 2.80. The molecule has 0 atom stereocenters. The van der Waals surface area contributed by atoms with Crippen LogP contribution in [0, 0.1) is 12.8 Å². The van der Waals surface area contributed by atoms with Crippen molar-refractivity contribution >= 4 is 17.2 Å². The molecule has 116 valence electrons. The molecule has 0 fully saturated rings. The molecule has 4 heteroatoms. The predicted molar refractivity (Wildman–Crippen MR) is 88.9 cm³/mol. The van der Waals surface area contributed by atoms with E-state index in [4.69, 9.17) is 0 Å². The van der Waals surface area contributed by atoms with Crippen molar-refractivity contribution in [3.63, 3.8) is 0 Å². The number of amides is 1. The van der Waals surface area contributed by atoms with E-state index in [1.807, 2.05) is 6.92 Å². The SMILES string of the molecule is Cc1nc(CC(C)C)sc1C(=O)NCCC1=CCCCC1. The van der Waals surface area contributed by atoms with Gasteiger partial charge < -0.3 is 5.32 Å². The van der Waals surface area contributed by atoms with E-state index in [1.54, 1.807) is 11.3 Å². The Labute approximate surface area is 131 Å². The summed E-state index contributed by atoms with van der Waals surface area (Å²) in [6.45, 7) is 7.02. The van der Waals surface area contributed by atoms with Crippen LogP contribution in [0.4, 0.5) is 0 Å². The summed E-state index contributed by atoms with van der Waals surface area (Å²) in [4.78, 5) is 17.5. The van der Waals surface area contributed by atoms with Gasteiger partial charge in [-0.25, -0.2) is 4.98 Å². The lowest BCUT2D eigenvalue weighted by Crippen LogP contribution is -2.24. The number of aryl methyl sites for hydroxylation is 1. The Bertz CT molecular complexity index is 517. The van der Waals surface area contributed by atoms with Crippen molar-refractivity contribution in [2.75, 3.05) is 6.54 Å². The number of carbonyl (C=O) groups excluding carboxylic acids is 1. The van der Waals surface area contributed by atoms with Gasteiger partial charge in [0.1, 0.15) is 4.88 Å². The zero-order valence-electron chi connectivity index (χ0n) is 13.4. The van der Waals surface area contributed by atoms with Crippen molar-refractivity contribution in [3.05, 3.63) is 27.2 Å². The molecular weight excluding hydrogens is 280 g/mol. The monoisotopic (exact) mass is 306 g/mol. The highest BCUT2D eigenvalue weighted by molar-refractivity contribution is 7.13. The topological polar surface area (TPSA) is 42.0 Å². The zero-order valence-corrected chi connectivity index (χ0v) is 14.2. The molecular formula is C17H26N2OS. The Balaban J connectivity index is 1.85. The van der Waals surface area contributed by atoms with E-state index in [0.717, 1.165) is 35.0 Å². The van der Waals surface area contributed by atoms with Crippen LogP contribution < -0.4 is 5.32 Å². The third kappa shape index (κ3) is 4.95. The van der Waals surface area contributed by atoms with E-state index in [9.17, 15) is 4.79 Å². The standard InChI is InChI=1S/C17H26N2OS/c1-12(2)11-15-19-13(3)16(21-15)17(20)18-10-9-14-7-5-4-6-8-14/h7,12H,4-6,8-11H2,1-3H3,(H,18,20). The number of hydrogen-bond acceptors (Lipinski definition) is 3. The van der Waals surface area contributed by atoms with Crippen molar-refractivity contribution in [3.8, 4) is 0 Å². The van der Waals surface area contributed by atoms with Gasteiger partial charge in [-0.3, -0.25) is 4.79 Å². The number of aromatic nitrogens is 1. The minimum absolute atomic E-state index is 0.0383. The molecule has 3 nitrogen and oxygen atoms in total. The Morgan fingerprint density at radius 3 is 2.90 bits per heavy atom. The molecule has 0 unspecified atom stereocenters. The first-order valence-electron chi connectivity index (χ1n) is 7.98. The van der Waals surface area contributed by atoms with Gasteiger partial charge in [0.05, 0.1) is 10.7 Å². The Kier molecular flexibility index (Phi) is 5.97. The first-order valence-corrected chi connectivity index (χ1v) is 8.80. The molecule has 0 radical (unpaired) electrons. The molecule has 0 aromatic carbocycles. The second-order valence-corrected chi connectivity index (χ2v) is 7.32. The molecule has 2 rings (SSSR count). The smallest absolute Gasteiger partial charge is 0.263 e. The summed E-state index contributed by atoms with van der Waals surface area (Å²) in [5.41, 5.74) is 2.37. The van der Waals surface area contributed by atoms with Crippen LogP contribution in [0.15, 0.2) is 11.6 Å². The molecule has 0 bridgehead atoms. The third-order valence-electron chi connectivity index (χ3n) is 3.75. The molecule has 1 aliphatic rings. The maximum atomic E-state index is 12.2. The Morgan fingerprint density at radius 1 is 1.43 bits per heavy atom. The first-order chi connectivity index (χ1) is 10.1. The maximum absolute atomic E-state index is 12.2. The van der Waals surface area contributed by atoms with Crippen LogP contribution in [0.3, 0.4) is 0 Å². The highest BCUT2D eigenvalue weighted by Gasteiger charge is 2.15. The largest absolute Gasteiger partial charge is 0.351 e. The molecule has 1 N–H and O–H groups in total. The number of nitrogens with one attached hydrogen (secondary N) is 1. The first kappa shape index (κ1) is 16.2. The summed E-state index contributed by atoms with van der Waals surface area (Å²) < 4.78 is 0. The lowest BCUT2D eigenvalue weighted by Gasteiger charge is -2.12. The van der Waals surface area contributed by atoms with Crippen LogP contribution in [0.1, 0.15) is 66.3 Å². The van der Waals surface area contributed by atoms with E-state index in [1.165, 1.54) is 31.3 Å². The van der Waals surface area contributed by atoms with Gasteiger partial charge in [0, 0.05) is 13.0 Å². The Hall–Kier alpha value is -1.16. The second kappa shape index (κ2) is 7.74. The van der Waals surface area contributed by atoms with Gasteiger partial charge in [-0.15, -0.1) is 11.3 Å². The third-order valence-corrected chi connectivity index (χ3v) is 4.93. The lowest BCUT2D eigenvalue weighted by molar-refractivity contribution is 0.0957. The van der Waals surface area contributed by atoms with Crippen LogP contribution in [-0.4, -0.2) is 17.4 Å². The van der Waals surface area contributed by atoms with E-state index < -0.39 is 0 Å². The molecule has 1 aliphatic carbocycles. The van der Waals surface area contributed by atoms with Crippen molar-refractivity contribution in [1.82, 2.24) is 10.3 Å². The van der Waals surface area contributed by atoms with Gasteiger partial charge >= 0.3 is 0 Å². The molecule has 0 spiro atoms. The predicted octanol–water partition coefficient (Wildman–Crippen LogP) is 4.27. The van der Waals surface area contributed by atoms with Gasteiger partial charge in [-0.05, 0) is 44.9 Å². The molecule has 1 amide bonds. The normalized spacial score (nSPS) is 15.1. The number of rotatable bonds is 6. The van der Waals surface area contributed by atoms with E-state index >= 15 is 0 Å². The van der Waals surface area contributed by atoms with Crippen LogP contribution >= 0.6 is 11.3 Å². The van der Waals surface area contributed by atoms with Crippen LogP contribution in [0.25, 0.3) is 0 Å². The van der Waals surface area contributed by atoms with Crippen LogP contribution in [0.2, 0.25) is 0 Å². The fourth-order valence-electron chi connectivity index (χ4n) is 2.65. The minimum atomic E-state index is 0.0383. The van der Waals surface area contributed by atoms with Gasteiger partial charge in [-0.2, -0.15) is 0 Å². The highest BCUT2D eigenvalue weighted by atomic mass is 32.1. The van der Waals surface area contributed by atoms with Crippen LogP contribution in [-0.2, 0) is 6.42 Å². The minimum Gasteiger partial charge on any atom is -0.351 e.